The molecule has 2 N–H and O–H groups in total. The number of hydrogen-bond acceptors (Lipinski definition) is 2. The van der Waals surface area contributed by atoms with Crippen LogP contribution in [0.15, 0.2) is 18.2 Å². The number of halogens is 1. The molecule has 1 aromatic rings. The monoisotopic (exact) mass is 248 g/mol. The molecule has 18 heavy (non-hydrogen) atoms. The van der Waals surface area contributed by atoms with Gasteiger partial charge in [-0.2, -0.15) is 0 Å². The molecule has 0 bridgehead atoms. The molecule has 0 spiro atoms. The van der Waals surface area contributed by atoms with E-state index in [0.29, 0.717) is 0 Å². The van der Waals surface area contributed by atoms with Crippen LogP contribution in [0.5, 0.6) is 0 Å². The molecule has 1 saturated heterocycles. The molecule has 3 nitrogen and oxygen atoms in total. The van der Waals surface area contributed by atoms with Crippen LogP contribution >= 0.6 is 0 Å². The van der Waals surface area contributed by atoms with E-state index in [9.17, 15) is 9.18 Å². The van der Waals surface area contributed by atoms with Gasteiger partial charge >= 0.3 is 0 Å². The van der Waals surface area contributed by atoms with Crippen molar-refractivity contribution in [2.24, 2.45) is 0 Å². The van der Waals surface area contributed by atoms with Crippen LogP contribution in [-0.2, 0) is 11.2 Å². The van der Waals surface area contributed by atoms with Crippen LogP contribution in [0, 0.1) is 5.82 Å². The summed E-state index contributed by atoms with van der Waals surface area (Å²) in [6, 6.07) is 5.04. The first-order valence-electron chi connectivity index (χ1n) is 6.56. The molecule has 2 aliphatic rings. The SMILES string of the molecule is O=C1NCCCC1NC1CCc2cc(F)ccc21. The Labute approximate surface area is 106 Å². The van der Waals surface area contributed by atoms with Gasteiger partial charge in [-0.3, -0.25) is 10.1 Å². The molecular weight excluding hydrogens is 231 g/mol. The number of amides is 1. The van der Waals surface area contributed by atoms with E-state index >= 15 is 0 Å². The van der Waals surface area contributed by atoms with Crippen molar-refractivity contribution in [1.29, 1.82) is 0 Å². The van der Waals surface area contributed by atoms with Crippen molar-refractivity contribution in [3.8, 4) is 0 Å². The Balaban J connectivity index is 1.74. The maximum atomic E-state index is 13.1. The molecule has 1 amide bonds. The quantitative estimate of drug-likeness (QED) is 0.836. The van der Waals surface area contributed by atoms with Crippen LogP contribution in [0.25, 0.3) is 0 Å². The number of benzene rings is 1. The first kappa shape index (κ1) is 11.7. The summed E-state index contributed by atoms with van der Waals surface area (Å²) in [5.41, 5.74) is 2.22. The number of piperidine rings is 1. The highest BCUT2D eigenvalue weighted by molar-refractivity contribution is 5.82. The van der Waals surface area contributed by atoms with Crippen LogP contribution in [-0.4, -0.2) is 18.5 Å². The van der Waals surface area contributed by atoms with Gasteiger partial charge in [0.25, 0.3) is 0 Å². The standard InChI is InChI=1S/C14H17FN2O/c15-10-4-5-11-9(8-10)3-6-12(11)17-13-2-1-7-16-14(13)18/h4-5,8,12-13,17H,1-3,6-7H2,(H,16,18). The Morgan fingerprint density at radius 2 is 2.17 bits per heavy atom. The van der Waals surface area contributed by atoms with Crippen molar-refractivity contribution in [2.45, 2.75) is 37.8 Å². The van der Waals surface area contributed by atoms with Crippen LogP contribution in [0.2, 0.25) is 0 Å². The van der Waals surface area contributed by atoms with E-state index in [0.717, 1.165) is 43.4 Å². The third-order valence-electron chi connectivity index (χ3n) is 3.87. The number of carbonyl (C=O) groups excluding carboxylic acids is 1. The van der Waals surface area contributed by atoms with Crippen molar-refractivity contribution in [3.63, 3.8) is 0 Å². The fourth-order valence-corrected chi connectivity index (χ4v) is 2.93. The van der Waals surface area contributed by atoms with Crippen LogP contribution in [0.4, 0.5) is 4.39 Å². The summed E-state index contributed by atoms with van der Waals surface area (Å²) < 4.78 is 13.1. The summed E-state index contributed by atoms with van der Waals surface area (Å²) in [5.74, 6) is -0.0818. The maximum absolute atomic E-state index is 13.1. The maximum Gasteiger partial charge on any atom is 0.237 e. The number of nitrogens with one attached hydrogen (secondary N) is 2. The van der Waals surface area contributed by atoms with Crippen LogP contribution in [0.1, 0.15) is 36.4 Å². The van der Waals surface area contributed by atoms with Gasteiger partial charge in [-0.1, -0.05) is 6.07 Å². The summed E-state index contributed by atoms with van der Waals surface area (Å²) in [4.78, 5) is 11.7. The van der Waals surface area contributed by atoms with Gasteiger partial charge in [0, 0.05) is 12.6 Å². The minimum Gasteiger partial charge on any atom is -0.355 e. The first-order valence-corrected chi connectivity index (χ1v) is 6.56. The van der Waals surface area contributed by atoms with Gasteiger partial charge in [-0.15, -0.1) is 0 Å². The molecule has 1 fully saturated rings. The lowest BCUT2D eigenvalue weighted by Crippen LogP contribution is -2.49. The number of fused-ring (bicyclic) bond motifs is 1. The van der Waals surface area contributed by atoms with Crippen LogP contribution < -0.4 is 10.6 Å². The van der Waals surface area contributed by atoms with Gasteiger partial charge < -0.3 is 5.32 Å². The number of carbonyl (C=O) groups is 1. The second kappa shape index (κ2) is 4.69. The van der Waals surface area contributed by atoms with Crippen molar-refractivity contribution >= 4 is 5.91 Å². The van der Waals surface area contributed by atoms with E-state index < -0.39 is 0 Å². The highest BCUT2D eigenvalue weighted by Crippen LogP contribution is 2.32. The fraction of sp³-hybridized carbons (Fsp3) is 0.500. The Hall–Kier alpha value is -1.42. The molecule has 96 valence electrons. The average molecular weight is 248 g/mol. The molecule has 0 aromatic heterocycles. The minimum absolute atomic E-state index is 0.0943. The minimum atomic E-state index is -0.176. The third kappa shape index (κ3) is 2.12. The predicted molar refractivity (Wildman–Crippen MR) is 66.6 cm³/mol. The van der Waals surface area contributed by atoms with Crippen molar-refractivity contribution in [1.82, 2.24) is 10.6 Å². The summed E-state index contributed by atoms with van der Waals surface area (Å²) in [7, 11) is 0. The zero-order valence-corrected chi connectivity index (χ0v) is 10.2. The Kier molecular flexibility index (Phi) is 3.04. The molecule has 3 rings (SSSR count). The summed E-state index contributed by atoms with van der Waals surface area (Å²) in [6.45, 7) is 0.781. The highest BCUT2D eigenvalue weighted by Gasteiger charge is 2.29. The summed E-state index contributed by atoms with van der Waals surface area (Å²) in [6.07, 6.45) is 3.74. The second-order valence-electron chi connectivity index (χ2n) is 5.09. The van der Waals surface area contributed by atoms with E-state index in [1.807, 2.05) is 6.07 Å². The van der Waals surface area contributed by atoms with E-state index in [-0.39, 0.29) is 23.8 Å². The van der Waals surface area contributed by atoms with Crippen molar-refractivity contribution in [3.05, 3.63) is 35.1 Å². The summed E-state index contributed by atoms with van der Waals surface area (Å²) >= 11 is 0. The zero-order valence-electron chi connectivity index (χ0n) is 10.2. The average Bonchev–Trinajstić information content (AvgIpc) is 2.74. The smallest absolute Gasteiger partial charge is 0.237 e. The number of hydrogen-bond donors (Lipinski definition) is 2. The first-order chi connectivity index (χ1) is 8.74. The van der Waals surface area contributed by atoms with E-state index in [1.165, 1.54) is 6.07 Å². The van der Waals surface area contributed by atoms with E-state index in [4.69, 9.17) is 0 Å². The van der Waals surface area contributed by atoms with Gasteiger partial charge in [-0.25, -0.2) is 4.39 Å². The van der Waals surface area contributed by atoms with Gasteiger partial charge in [0.1, 0.15) is 5.82 Å². The molecule has 1 heterocycles. The molecule has 4 heteroatoms. The molecule has 0 radical (unpaired) electrons. The highest BCUT2D eigenvalue weighted by atomic mass is 19.1. The number of aryl methyl sites for hydroxylation is 1. The Morgan fingerprint density at radius 1 is 1.28 bits per heavy atom. The van der Waals surface area contributed by atoms with Gasteiger partial charge in [0.15, 0.2) is 0 Å². The lowest BCUT2D eigenvalue weighted by molar-refractivity contribution is -0.124. The molecule has 2 atom stereocenters. The molecule has 1 aliphatic heterocycles. The largest absolute Gasteiger partial charge is 0.355 e. The molecule has 1 aromatic carbocycles. The van der Waals surface area contributed by atoms with Crippen molar-refractivity contribution in [2.75, 3.05) is 6.54 Å². The molecule has 0 saturated carbocycles. The molecule has 2 unspecified atom stereocenters. The topological polar surface area (TPSA) is 41.1 Å². The fourth-order valence-electron chi connectivity index (χ4n) is 2.93. The molecular formula is C14H17FN2O. The lowest BCUT2D eigenvalue weighted by Gasteiger charge is -2.26. The Morgan fingerprint density at radius 3 is 3.00 bits per heavy atom. The second-order valence-corrected chi connectivity index (χ2v) is 5.09. The van der Waals surface area contributed by atoms with Gasteiger partial charge in [0.05, 0.1) is 6.04 Å². The normalized spacial score (nSPS) is 26.8. The van der Waals surface area contributed by atoms with E-state index in [2.05, 4.69) is 10.6 Å². The third-order valence-corrected chi connectivity index (χ3v) is 3.87. The van der Waals surface area contributed by atoms with Gasteiger partial charge in [-0.05, 0) is 48.9 Å². The van der Waals surface area contributed by atoms with Crippen LogP contribution in [0.3, 0.4) is 0 Å². The van der Waals surface area contributed by atoms with Crippen molar-refractivity contribution < 1.29 is 9.18 Å². The Bertz CT molecular complexity index is 475. The predicted octanol–water partition coefficient (Wildman–Crippen LogP) is 1.68. The molecule has 1 aliphatic carbocycles. The van der Waals surface area contributed by atoms with E-state index in [1.54, 1.807) is 6.07 Å². The number of rotatable bonds is 2. The summed E-state index contributed by atoms with van der Waals surface area (Å²) in [5, 5.41) is 6.29. The lowest BCUT2D eigenvalue weighted by atomic mass is 10.0. The zero-order chi connectivity index (χ0) is 12.5. The van der Waals surface area contributed by atoms with Gasteiger partial charge in [0.2, 0.25) is 5.91 Å².